The van der Waals surface area contributed by atoms with Crippen molar-refractivity contribution in [3.63, 3.8) is 0 Å². The van der Waals surface area contributed by atoms with E-state index in [0.29, 0.717) is 23.7 Å². The van der Waals surface area contributed by atoms with Gasteiger partial charge >= 0.3 is 0 Å². The van der Waals surface area contributed by atoms with E-state index in [4.69, 9.17) is 4.74 Å². The number of sulfonamides is 1. The normalized spacial score (nSPS) is 24.6. The Bertz CT molecular complexity index is 544. The molecule has 2 rings (SSSR count). The van der Waals surface area contributed by atoms with Crippen LogP contribution < -0.4 is 4.72 Å². The second-order valence-corrected chi connectivity index (χ2v) is 7.73. The minimum Gasteiger partial charge on any atom is -0.391 e. The molecule has 0 saturated carbocycles. The molecule has 0 aliphatic carbocycles. The molecule has 1 fully saturated rings. The quantitative estimate of drug-likeness (QED) is 0.881. The van der Waals surface area contributed by atoms with E-state index in [1.807, 2.05) is 6.92 Å². The number of thiophene rings is 1. The highest BCUT2D eigenvalue weighted by molar-refractivity contribution is 7.89. The standard InChI is InChI=1S/C12H19NO4S2/c1-9-7-18-10(6-14)11(9)19(15,16)13-12(2)4-3-5-17-8-12/h7,13-14H,3-6,8H2,1-2H3. The smallest absolute Gasteiger partial charge is 0.242 e. The lowest BCUT2D eigenvalue weighted by Crippen LogP contribution is -2.51. The minimum absolute atomic E-state index is 0.215. The number of ether oxygens (including phenoxy) is 1. The highest BCUT2D eigenvalue weighted by Crippen LogP contribution is 2.29. The van der Waals surface area contributed by atoms with Gasteiger partial charge in [0, 0.05) is 6.61 Å². The van der Waals surface area contributed by atoms with Crippen LogP contribution >= 0.6 is 11.3 Å². The Morgan fingerprint density at radius 3 is 2.89 bits per heavy atom. The first-order valence-corrected chi connectivity index (χ1v) is 8.54. The van der Waals surface area contributed by atoms with Gasteiger partial charge < -0.3 is 9.84 Å². The van der Waals surface area contributed by atoms with E-state index in [1.165, 1.54) is 11.3 Å². The SMILES string of the molecule is Cc1csc(CO)c1S(=O)(=O)NC1(C)CCCOC1. The molecule has 2 heterocycles. The molecule has 1 aliphatic rings. The first kappa shape index (κ1) is 14.9. The van der Waals surface area contributed by atoms with Crippen molar-refractivity contribution in [2.75, 3.05) is 13.2 Å². The van der Waals surface area contributed by atoms with Crippen molar-refractivity contribution in [1.29, 1.82) is 0 Å². The molecule has 1 aromatic rings. The van der Waals surface area contributed by atoms with Gasteiger partial charge in [-0.2, -0.15) is 0 Å². The van der Waals surface area contributed by atoms with Crippen molar-refractivity contribution in [3.05, 3.63) is 15.8 Å². The predicted molar refractivity (Wildman–Crippen MR) is 73.8 cm³/mol. The van der Waals surface area contributed by atoms with Crippen molar-refractivity contribution in [2.45, 2.75) is 43.7 Å². The van der Waals surface area contributed by atoms with E-state index in [-0.39, 0.29) is 11.5 Å². The average molecular weight is 305 g/mol. The van der Waals surface area contributed by atoms with Crippen LogP contribution in [0.2, 0.25) is 0 Å². The molecule has 0 aromatic carbocycles. The Morgan fingerprint density at radius 1 is 1.58 bits per heavy atom. The number of rotatable bonds is 4. The van der Waals surface area contributed by atoms with E-state index < -0.39 is 15.6 Å². The number of hydrogen-bond acceptors (Lipinski definition) is 5. The van der Waals surface area contributed by atoms with Crippen molar-refractivity contribution in [2.24, 2.45) is 0 Å². The first-order chi connectivity index (χ1) is 8.88. The molecule has 1 aliphatic heterocycles. The van der Waals surface area contributed by atoms with Gasteiger partial charge in [0.05, 0.1) is 23.6 Å². The summed E-state index contributed by atoms with van der Waals surface area (Å²) < 4.78 is 33.1. The molecule has 2 N–H and O–H groups in total. The maximum atomic E-state index is 12.5. The van der Waals surface area contributed by atoms with E-state index in [9.17, 15) is 13.5 Å². The predicted octanol–water partition coefficient (Wildman–Crippen LogP) is 1.40. The number of aliphatic hydroxyl groups is 1. The van der Waals surface area contributed by atoms with Gasteiger partial charge in [0.25, 0.3) is 0 Å². The number of aliphatic hydroxyl groups excluding tert-OH is 1. The fraction of sp³-hybridized carbons (Fsp3) is 0.667. The fourth-order valence-corrected chi connectivity index (χ4v) is 5.43. The van der Waals surface area contributed by atoms with Crippen LogP contribution in [0.3, 0.4) is 0 Å². The molecule has 0 bridgehead atoms. The van der Waals surface area contributed by atoms with Crippen LogP contribution in [0.25, 0.3) is 0 Å². The molecule has 108 valence electrons. The molecule has 19 heavy (non-hydrogen) atoms. The molecule has 1 atom stereocenters. The minimum atomic E-state index is -3.63. The van der Waals surface area contributed by atoms with Gasteiger partial charge in [-0.1, -0.05) is 0 Å². The van der Waals surface area contributed by atoms with Gasteiger partial charge in [0.1, 0.15) is 4.90 Å². The summed E-state index contributed by atoms with van der Waals surface area (Å²) in [6.45, 7) is 4.39. The number of nitrogens with one attached hydrogen (secondary N) is 1. The van der Waals surface area contributed by atoms with Crippen molar-refractivity contribution in [1.82, 2.24) is 4.72 Å². The monoisotopic (exact) mass is 305 g/mol. The van der Waals surface area contributed by atoms with Crippen LogP contribution in [-0.2, 0) is 21.4 Å². The summed E-state index contributed by atoms with van der Waals surface area (Å²) in [6, 6.07) is 0. The molecule has 5 nitrogen and oxygen atoms in total. The second kappa shape index (κ2) is 5.49. The van der Waals surface area contributed by atoms with Gasteiger partial charge in [-0.25, -0.2) is 13.1 Å². The molecule has 1 unspecified atom stereocenters. The Kier molecular flexibility index (Phi) is 4.32. The van der Waals surface area contributed by atoms with Crippen LogP contribution in [0.1, 0.15) is 30.2 Å². The molecule has 1 aromatic heterocycles. The van der Waals surface area contributed by atoms with E-state index in [2.05, 4.69) is 4.72 Å². The lowest BCUT2D eigenvalue weighted by molar-refractivity contribution is 0.0386. The zero-order valence-electron chi connectivity index (χ0n) is 11.1. The molecular formula is C12H19NO4S2. The zero-order valence-corrected chi connectivity index (χ0v) is 12.7. The number of aryl methyl sites for hydroxylation is 1. The van der Waals surface area contributed by atoms with Gasteiger partial charge in [-0.3, -0.25) is 0 Å². The van der Waals surface area contributed by atoms with E-state index in [0.717, 1.165) is 12.8 Å². The Morgan fingerprint density at radius 2 is 2.32 bits per heavy atom. The third kappa shape index (κ3) is 3.17. The summed E-state index contributed by atoms with van der Waals surface area (Å²) in [5, 5.41) is 11.0. The van der Waals surface area contributed by atoms with Gasteiger partial charge in [-0.15, -0.1) is 11.3 Å². The fourth-order valence-electron chi connectivity index (χ4n) is 2.35. The van der Waals surface area contributed by atoms with Crippen LogP contribution in [0.15, 0.2) is 10.3 Å². The first-order valence-electron chi connectivity index (χ1n) is 6.17. The van der Waals surface area contributed by atoms with Crippen LogP contribution in [0, 0.1) is 6.92 Å². The van der Waals surface area contributed by atoms with Crippen molar-refractivity contribution < 1.29 is 18.3 Å². The lowest BCUT2D eigenvalue weighted by Gasteiger charge is -2.34. The summed E-state index contributed by atoms with van der Waals surface area (Å²) in [6.07, 6.45) is 1.60. The number of hydrogen-bond donors (Lipinski definition) is 2. The summed E-state index contributed by atoms with van der Waals surface area (Å²) in [5.74, 6) is 0. The van der Waals surface area contributed by atoms with Crippen LogP contribution in [0.5, 0.6) is 0 Å². The summed E-state index contributed by atoms with van der Waals surface area (Å²) >= 11 is 1.26. The third-order valence-electron chi connectivity index (χ3n) is 3.22. The van der Waals surface area contributed by atoms with Gasteiger partial charge in [0.15, 0.2) is 0 Å². The Labute approximate surface area is 117 Å². The van der Waals surface area contributed by atoms with Gasteiger partial charge in [-0.05, 0) is 37.6 Å². The zero-order chi connectivity index (χ0) is 14.1. The van der Waals surface area contributed by atoms with Crippen molar-refractivity contribution >= 4 is 21.4 Å². The van der Waals surface area contributed by atoms with E-state index >= 15 is 0 Å². The highest BCUT2D eigenvalue weighted by Gasteiger charge is 2.34. The van der Waals surface area contributed by atoms with Crippen LogP contribution in [0.4, 0.5) is 0 Å². The van der Waals surface area contributed by atoms with E-state index in [1.54, 1.807) is 12.3 Å². The molecule has 1 saturated heterocycles. The molecule has 0 amide bonds. The molecule has 7 heteroatoms. The maximum Gasteiger partial charge on any atom is 0.242 e. The Hall–Kier alpha value is -0.470. The average Bonchev–Trinajstić information content (AvgIpc) is 2.70. The second-order valence-electron chi connectivity index (χ2n) is 5.15. The summed E-state index contributed by atoms with van der Waals surface area (Å²) in [4.78, 5) is 0.692. The van der Waals surface area contributed by atoms with Gasteiger partial charge in [0.2, 0.25) is 10.0 Å². The highest BCUT2D eigenvalue weighted by atomic mass is 32.2. The topological polar surface area (TPSA) is 75.6 Å². The molecule has 0 spiro atoms. The van der Waals surface area contributed by atoms with Crippen LogP contribution in [-0.4, -0.2) is 32.3 Å². The largest absolute Gasteiger partial charge is 0.391 e. The summed E-state index contributed by atoms with van der Waals surface area (Å²) in [5.41, 5.74) is 0.0972. The molecular weight excluding hydrogens is 286 g/mol. The third-order valence-corrected chi connectivity index (χ3v) is 6.31. The molecule has 0 radical (unpaired) electrons. The van der Waals surface area contributed by atoms with Crippen molar-refractivity contribution in [3.8, 4) is 0 Å². The lowest BCUT2D eigenvalue weighted by atomic mass is 9.97. The summed E-state index contributed by atoms with van der Waals surface area (Å²) in [7, 11) is -3.63. The Balaban J connectivity index is 2.29. The maximum absolute atomic E-state index is 12.5.